The number of thioether (sulfide) groups is 1. The molecule has 24 heavy (non-hydrogen) atoms. The van der Waals surface area contributed by atoms with Gasteiger partial charge in [0.1, 0.15) is 5.58 Å². The second-order valence-electron chi connectivity index (χ2n) is 6.02. The maximum absolute atomic E-state index is 11.9. The molecule has 6 heteroatoms. The number of aromatic nitrogens is 2. The highest BCUT2D eigenvalue weighted by Crippen LogP contribution is 2.38. The average Bonchev–Trinajstić information content (AvgIpc) is 3.31. The van der Waals surface area contributed by atoms with E-state index >= 15 is 0 Å². The fourth-order valence-corrected chi connectivity index (χ4v) is 4.18. The van der Waals surface area contributed by atoms with Gasteiger partial charge in [0.15, 0.2) is 5.16 Å². The molecular weight excluding hydrogens is 344 g/mol. The number of nitrogens with zero attached hydrogens (tertiary/aromatic N) is 2. The summed E-state index contributed by atoms with van der Waals surface area (Å²) in [4.78, 5) is 16.3. The molecule has 0 radical (unpaired) electrons. The van der Waals surface area contributed by atoms with Gasteiger partial charge in [-0.05, 0) is 42.5 Å². The van der Waals surface area contributed by atoms with E-state index in [4.69, 9.17) is 16.0 Å². The molecule has 0 N–H and O–H groups in total. The van der Waals surface area contributed by atoms with Gasteiger partial charge in [-0.15, -0.1) is 0 Å². The summed E-state index contributed by atoms with van der Waals surface area (Å²) in [5, 5.41) is 2.61. The van der Waals surface area contributed by atoms with E-state index in [1.807, 2.05) is 31.5 Å². The van der Waals surface area contributed by atoms with Gasteiger partial charge >= 0.3 is 5.63 Å². The normalized spacial score (nSPS) is 14.4. The molecule has 4 nitrogen and oxygen atoms in total. The van der Waals surface area contributed by atoms with Crippen LogP contribution >= 0.6 is 23.4 Å². The lowest BCUT2D eigenvalue weighted by molar-refractivity contribution is 0.559. The number of halogens is 1. The SMILES string of the molecule is CCc1cc2oc(=O)cc(CSc3nccn3C3CC3)c2cc1Cl. The second-order valence-corrected chi connectivity index (χ2v) is 7.37. The highest BCUT2D eigenvalue weighted by atomic mass is 35.5. The molecule has 0 unspecified atom stereocenters. The van der Waals surface area contributed by atoms with Crippen LogP contribution in [0.15, 0.2) is 45.0 Å². The second kappa shape index (κ2) is 6.30. The number of fused-ring (bicyclic) bond motifs is 1. The van der Waals surface area contributed by atoms with Crippen molar-refractivity contribution >= 4 is 34.3 Å². The molecule has 1 aromatic carbocycles. The predicted octanol–water partition coefficient (Wildman–Crippen LogP) is 4.83. The minimum absolute atomic E-state index is 0.326. The smallest absolute Gasteiger partial charge is 0.336 e. The van der Waals surface area contributed by atoms with Crippen LogP contribution in [0.2, 0.25) is 5.02 Å². The molecular formula is C18H17ClN2O2S. The number of imidazole rings is 1. The molecule has 1 saturated carbocycles. The third-order valence-corrected chi connectivity index (χ3v) is 5.69. The number of aryl methyl sites for hydroxylation is 1. The first-order valence-electron chi connectivity index (χ1n) is 8.06. The molecule has 0 atom stereocenters. The third kappa shape index (κ3) is 2.98. The molecule has 2 heterocycles. The Kier molecular flexibility index (Phi) is 4.14. The summed E-state index contributed by atoms with van der Waals surface area (Å²) in [6.45, 7) is 2.03. The number of benzene rings is 1. The van der Waals surface area contributed by atoms with E-state index in [2.05, 4.69) is 9.55 Å². The molecule has 4 rings (SSSR count). The summed E-state index contributed by atoms with van der Waals surface area (Å²) < 4.78 is 7.59. The van der Waals surface area contributed by atoms with Crippen LogP contribution in [0.4, 0.5) is 0 Å². The summed E-state index contributed by atoms with van der Waals surface area (Å²) in [5.41, 5.74) is 2.19. The lowest BCUT2D eigenvalue weighted by atomic mass is 10.1. The van der Waals surface area contributed by atoms with Crippen LogP contribution in [0.3, 0.4) is 0 Å². The van der Waals surface area contributed by atoms with E-state index < -0.39 is 0 Å². The monoisotopic (exact) mass is 360 g/mol. The molecule has 0 saturated heterocycles. The Labute approximate surface area is 148 Å². The fraction of sp³-hybridized carbons (Fsp3) is 0.333. The molecule has 124 valence electrons. The zero-order chi connectivity index (χ0) is 16.7. The zero-order valence-corrected chi connectivity index (χ0v) is 14.9. The van der Waals surface area contributed by atoms with Crippen LogP contribution in [-0.2, 0) is 12.2 Å². The maximum atomic E-state index is 11.9. The summed E-state index contributed by atoms with van der Waals surface area (Å²) in [7, 11) is 0. The first kappa shape index (κ1) is 15.8. The Bertz CT molecular complexity index is 959. The third-order valence-electron chi connectivity index (χ3n) is 4.31. The Balaban J connectivity index is 1.69. The van der Waals surface area contributed by atoms with Gasteiger partial charge in [0.25, 0.3) is 0 Å². The van der Waals surface area contributed by atoms with Crippen molar-refractivity contribution in [3.05, 3.63) is 57.2 Å². The molecule has 1 aliphatic rings. The minimum Gasteiger partial charge on any atom is -0.423 e. The van der Waals surface area contributed by atoms with Crippen molar-refractivity contribution in [1.82, 2.24) is 9.55 Å². The van der Waals surface area contributed by atoms with Crippen molar-refractivity contribution in [3.8, 4) is 0 Å². The molecule has 2 aromatic heterocycles. The van der Waals surface area contributed by atoms with E-state index in [0.29, 0.717) is 22.4 Å². The molecule has 1 fully saturated rings. The van der Waals surface area contributed by atoms with Crippen LogP contribution in [0.25, 0.3) is 11.0 Å². The summed E-state index contributed by atoms with van der Waals surface area (Å²) >= 11 is 7.99. The van der Waals surface area contributed by atoms with Crippen molar-refractivity contribution in [1.29, 1.82) is 0 Å². The standard InChI is InChI=1S/C18H17ClN2O2S/c1-2-11-7-16-14(9-15(11)19)12(8-17(22)23-16)10-24-18-20-5-6-21(18)13-3-4-13/h5-9,13H,2-4,10H2,1H3. The summed E-state index contributed by atoms with van der Waals surface area (Å²) in [5.74, 6) is 0.660. The largest absolute Gasteiger partial charge is 0.423 e. The lowest BCUT2D eigenvalue weighted by Gasteiger charge is -2.09. The van der Waals surface area contributed by atoms with Crippen molar-refractivity contribution in [2.45, 2.75) is 43.1 Å². The Hall–Kier alpha value is -1.72. The average molecular weight is 361 g/mol. The van der Waals surface area contributed by atoms with Crippen molar-refractivity contribution in [3.63, 3.8) is 0 Å². The Morgan fingerprint density at radius 1 is 1.33 bits per heavy atom. The number of rotatable bonds is 5. The van der Waals surface area contributed by atoms with E-state index in [9.17, 15) is 4.79 Å². The highest BCUT2D eigenvalue weighted by molar-refractivity contribution is 7.98. The van der Waals surface area contributed by atoms with Crippen LogP contribution in [0.5, 0.6) is 0 Å². The molecule has 1 aliphatic carbocycles. The van der Waals surface area contributed by atoms with Gasteiger partial charge < -0.3 is 8.98 Å². The van der Waals surface area contributed by atoms with Gasteiger partial charge in [0.2, 0.25) is 0 Å². The topological polar surface area (TPSA) is 48.0 Å². The van der Waals surface area contributed by atoms with Gasteiger partial charge in [-0.3, -0.25) is 0 Å². The van der Waals surface area contributed by atoms with Crippen LogP contribution < -0.4 is 5.63 Å². The van der Waals surface area contributed by atoms with E-state index in [1.54, 1.807) is 17.8 Å². The number of hydrogen-bond acceptors (Lipinski definition) is 4. The first-order chi connectivity index (χ1) is 11.7. The predicted molar refractivity (Wildman–Crippen MR) is 96.9 cm³/mol. The van der Waals surface area contributed by atoms with Crippen LogP contribution in [-0.4, -0.2) is 9.55 Å². The van der Waals surface area contributed by atoms with Crippen molar-refractivity contribution in [2.24, 2.45) is 0 Å². The van der Waals surface area contributed by atoms with Gasteiger partial charge in [0.05, 0.1) is 0 Å². The molecule has 0 spiro atoms. The Morgan fingerprint density at radius 3 is 2.92 bits per heavy atom. The van der Waals surface area contributed by atoms with E-state index in [0.717, 1.165) is 28.1 Å². The van der Waals surface area contributed by atoms with Gasteiger partial charge in [-0.2, -0.15) is 0 Å². The fourth-order valence-electron chi connectivity index (χ4n) is 2.86. The molecule has 0 bridgehead atoms. The van der Waals surface area contributed by atoms with Gasteiger partial charge in [0, 0.05) is 40.7 Å². The van der Waals surface area contributed by atoms with Crippen LogP contribution in [0.1, 0.15) is 36.9 Å². The molecule has 0 aliphatic heterocycles. The van der Waals surface area contributed by atoms with Crippen molar-refractivity contribution < 1.29 is 4.42 Å². The zero-order valence-electron chi connectivity index (χ0n) is 13.3. The number of hydrogen-bond donors (Lipinski definition) is 0. The summed E-state index contributed by atoms with van der Waals surface area (Å²) in [6.07, 6.45) is 7.11. The van der Waals surface area contributed by atoms with Crippen molar-refractivity contribution in [2.75, 3.05) is 0 Å². The quantitative estimate of drug-likeness (QED) is 0.483. The first-order valence-corrected chi connectivity index (χ1v) is 9.43. The maximum Gasteiger partial charge on any atom is 0.336 e. The van der Waals surface area contributed by atoms with E-state index in [1.165, 1.54) is 12.8 Å². The molecule has 0 amide bonds. The van der Waals surface area contributed by atoms with Gasteiger partial charge in [-0.25, -0.2) is 9.78 Å². The van der Waals surface area contributed by atoms with E-state index in [-0.39, 0.29) is 5.63 Å². The summed E-state index contributed by atoms with van der Waals surface area (Å²) in [6, 6.07) is 5.93. The minimum atomic E-state index is -0.326. The lowest BCUT2D eigenvalue weighted by Crippen LogP contribution is -2.01. The Morgan fingerprint density at radius 2 is 2.17 bits per heavy atom. The highest BCUT2D eigenvalue weighted by Gasteiger charge is 2.25. The van der Waals surface area contributed by atoms with Crippen LogP contribution in [0, 0.1) is 0 Å². The molecule has 3 aromatic rings. The van der Waals surface area contributed by atoms with Gasteiger partial charge in [-0.1, -0.05) is 30.3 Å².